The average Bonchev–Trinajstić information content (AvgIpc) is 2.43. The number of carbonyl (C=O) groups excluding carboxylic acids is 1. The molecule has 0 fully saturated rings. The highest BCUT2D eigenvalue weighted by molar-refractivity contribution is 5.79. The molecule has 5 heteroatoms. The second kappa shape index (κ2) is 8.03. The quantitative estimate of drug-likeness (QED) is 0.141. The highest BCUT2D eigenvalue weighted by Crippen LogP contribution is 2.00. The summed E-state index contributed by atoms with van der Waals surface area (Å²) < 4.78 is 4.51. The molecule has 0 aliphatic carbocycles. The van der Waals surface area contributed by atoms with Crippen LogP contribution in [0, 0.1) is 0 Å². The monoisotopic (exact) mass is 249 g/mol. The lowest BCUT2D eigenvalue weighted by Gasteiger charge is -2.04. The van der Waals surface area contributed by atoms with Crippen LogP contribution in [-0.2, 0) is 25.9 Å². The average molecular weight is 249 g/mol. The molecule has 0 aliphatic heterocycles. The van der Waals surface area contributed by atoms with Gasteiger partial charge in [-0.2, -0.15) is 4.89 Å². The van der Waals surface area contributed by atoms with E-state index in [-0.39, 0.29) is 0 Å². The van der Waals surface area contributed by atoms with Gasteiger partial charge in [-0.25, -0.2) is 9.79 Å². The van der Waals surface area contributed by atoms with Gasteiger partial charge in [0, 0.05) is 0 Å². The number of benzene rings is 1. The van der Waals surface area contributed by atoms with E-state index in [1.165, 1.54) is 13.2 Å². The maximum absolute atomic E-state index is 11.1. The summed E-state index contributed by atoms with van der Waals surface area (Å²) >= 11 is 0. The summed E-state index contributed by atoms with van der Waals surface area (Å²) in [5, 5.41) is 0. The Labute approximate surface area is 106 Å². The third-order valence-electron chi connectivity index (χ3n) is 2.07. The predicted molar refractivity (Wildman–Crippen MR) is 66.8 cm³/mol. The summed E-state index contributed by atoms with van der Waals surface area (Å²) in [5.74, 6) is -0.507. The molecule has 0 spiro atoms. The van der Waals surface area contributed by atoms with Crippen LogP contribution in [0.3, 0.4) is 0 Å². The van der Waals surface area contributed by atoms with Crippen molar-refractivity contribution in [2.45, 2.75) is 12.6 Å². The first kappa shape index (κ1) is 13.9. The Morgan fingerprint density at radius 2 is 2.17 bits per heavy atom. The van der Waals surface area contributed by atoms with Gasteiger partial charge >= 0.3 is 5.97 Å². The van der Waals surface area contributed by atoms with Crippen molar-refractivity contribution in [1.82, 2.24) is 0 Å². The molecule has 0 heterocycles. The Hall–Kier alpha value is -2.14. The fraction of sp³-hybridized carbons (Fsp3) is 0.231. The van der Waals surface area contributed by atoms with E-state index >= 15 is 0 Å². The molecule has 0 N–H and O–H groups in total. The summed E-state index contributed by atoms with van der Waals surface area (Å²) in [6, 6.07) is 8.74. The predicted octanol–water partition coefficient (Wildman–Crippen LogP) is 1.89. The van der Waals surface area contributed by atoms with E-state index in [1.807, 2.05) is 30.3 Å². The molecule has 0 saturated heterocycles. The molecule has 0 bridgehead atoms. The lowest BCUT2D eigenvalue weighted by atomic mass is 10.2. The van der Waals surface area contributed by atoms with Crippen molar-refractivity contribution < 1.29 is 19.3 Å². The third-order valence-corrected chi connectivity index (χ3v) is 2.07. The van der Waals surface area contributed by atoms with Crippen molar-refractivity contribution in [2.24, 2.45) is 4.99 Å². The van der Waals surface area contributed by atoms with Crippen LogP contribution in [0.4, 0.5) is 0 Å². The molecule has 1 atom stereocenters. The SMILES string of the molecule is C=CC(N=COOCc1ccccc1)C(=O)OC. The molecule has 0 radical (unpaired) electrons. The van der Waals surface area contributed by atoms with Crippen LogP contribution in [0.5, 0.6) is 0 Å². The maximum atomic E-state index is 11.1. The van der Waals surface area contributed by atoms with Gasteiger partial charge in [0.25, 0.3) is 0 Å². The van der Waals surface area contributed by atoms with Crippen LogP contribution in [-0.4, -0.2) is 25.5 Å². The lowest BCUT2D eigenvalue weighted by Crippen LogP contribution is -2.17. The first-order valence-electron chi connectivity index (χ1n) is 5.32. The van der Waals surface area contributed by atoms with Gasteiger partial charge in [0.2, 0.25) is 6.40 Å². The van der Waals surface area contributed by atoms with Crippen molar-refractivity contribution in [1.29, 1.82) is 0 Å². The summed E-state index contributed by atoms with van der Waals surface area (Å²) in [7, 11) is 1.28. The minimum Gasteiger partial charge on any atom is -0.467 e. The molecule has 0 aliphatic rings. The Balaban J connectivity index is 2.28. The molecule has 1 rings (SSSR count). The van der Waals surface area contributed by atoms with Gasteiger partial charge in [0.1, 0.15) is 6.61 Å². The molecule has 0 amide bonds. The van der Waals surface area contributed by atoms with E-state index in [0.29, 0.717) is 6.61 Å². The van der Waals surface area contributed by atoms with Crippen LogP contribution in [0.1, 0.15) is 5.56 Å². The maximum Gasteiger partial charge on any atom is 0.334 e. The summed E-state index contributed by atoms with van der Waals surface area (Å²) in [6.45, 7) is 3.76. The highest BCUT2D eigenvalue weighted by atomic mass is 17.2. The molecule has 96 valence electrons. The van der Waals surface area contributed by atoms with E-state index in [0.717, 1.165) is 12.0 Å². The molecule has 0 aromatic heterocycles. The molecule has 1 aromatic carbocycles. The normalized spacial score (nSPS) is 12.1. The van der Waals surface area contributed by atoms with Gasteiger partial charge in [-0.1, -0.05) is 36.4 Å². The number of ether oxygens (including phenoxy) is 1. The van der Waals surface area contributed by atoms with Crippen molar-refractivity contribution in [3.63, 3.8) is 0 Å². The number of esters is 1. The number of rotatable bonds is 7. The zero-order valence-electron chi connectivity index (χ0n) is 10.1. The lowest BCUT2D eigenvalue weighted by molar-refractivity contribution is -0.227. The molecular weight excluding hydrogens is 234 g/mol. The fourth-order valence-electron chi connectivity index (χ4n) is 1.14. The first-order valence-corrected chi connectivity index (χ1v) is 5.32. The minimum atomic E-state index is -0.782. The smallest absolute Gasteiger partial charge is 0.334 e. The second-order valence-corrected chi connectivity index (χ2v) is 3.30. The van der Waals surface area contributed by atoms with Gasteiger partial charge in [-0.3, -0.25) is 0 Å². The number of methoxy groups -OCH3 is 1. The fourth-order valence-corrected chi connectivity index (χ4v) is 1.14. The van der Waals surface area contributed by atoms with Crippen LogP contribution >= 0.6 is 0 Å². The van der Waals surface area contributed by atoms with Crippen molar-refractivity contribution in [3.8, 4) is 0 Å². The van der Waals surface area contributed by atoms with Crippen molar-refractivity contribution in [2.75, 3.05) is 7.11 Å². The Morgan fingerprint density at radius 3 is 2.78 bits per heavy atom. The van der Waals surface area contributed by atoms with Gasteiger partial charge in [0.05, 0.1) is 7.11 Å². The Kier molecular flexibility index (Phi) is 6.21. The number of nitrogens with zero attached hydrogens (tertiary/aromatic N) is 1. The minimum absolute atomic E-state index is 0.295. The van der Waals surface area contributed by atoms with E-state index < -0.39 is 12.0 Å². The van der Waals surface area contributed by atoms with Gasteiger partial charge < -0.3 is 9.62 Å². The van der Waals surface area contributed by atoms with E-state index in [4.69, 9.17) is 9.78 Å². The zero-order valence-corrected chi connectivity index (χ0v) is 10.1. The van der Waals surface area contributed by atoms with Crippen molar-refractivity contribution >= 4 is 12.4 Å². The van der Waals surface area contributed by atoms with Crippen molar-refractivity contribution in [3.05, 3.63) is 48.6 Å². The second-order valence-electron chi connectivity index (χ2n) is 3.30. The number of hydrogen-bond donors (Lipinski definition) is 0. The zero-order chi connectivity index (χ0) is 13.2. The van der Waals surface area contributed by atoms with E-state index in [2.05, 4.69) is 16.3 Å². The van der Waals surface area contributed by atoms with Crippen LogP contribution in [0.2, 0.25) is 0 Å². The molecular formula is C13H15NO4. The summed E-state index contributed by atoms with van der Waals surface area (Å²) in [6.07, 6.45) is 2.40. The van der Waals surface area contributed by atoms with E-state index in [1.54, 1.807) is 0 Å². The molecule has 1 aromatic rings. The Bertz CT molecular complexity index is 403. The van der Waals surface area contributed by atoms with Crippen LogP contribution in [0.15, 0.2) is 48.0 Å². The molecule has 1 unspecified atom stereocenters. The standard InChI is InChI=1S/C13H15NO4/c1-3-12(13(15)16-2)14-10-18-17-9-11-7-5-4-6-8-11/h3-8,10,12H,1,9H2,2H3. The van der Waals surface area contributed by atoms with Crippen LogP contribution in [0.25, 0.3) is 0 Å². The molecule has 5 nitrogen and oxygen atoms in total. The number of aliphatic imine (C=N–C) groups is 1. The largest absolute Gasteiger partial charge is 0.467 e. The third kappa shape index (κ3) is 4.80. The van der Waals surface area contributed by atoms with Crippen LogP contribution < -0.4 is 0 Å². The van der Waals surface area contributed by atoms with E-state index in [9.17, 15) is 4.79 Å². The van der Waals surface area contributed by atoms with Gasteiger partial charge in [0.15, 0.2) is 6.04 Å². The first-order chi connectivity index (χ1) is 8.77. The van der Waals surface area contributed by atoms with Gasteiger partial charge in [-0.05, 0) is 5.56 Å². The topological polar surface area (TPSA) is 57.1 Å². The summed E-state index contributed by atoms with van der Waals surface area (Å²) in [4.78, 5) is 24.5. The van der Waals surface area contributed by atoms with Gasteiger partial charge in [-0.15, -0.1) is 6.58 Å². The highest BCUT2D eigenvalue weighted by Gasteiger charge is 2.12. The molecule has 18 heavy (non-hydrogen) atoms. The number of hydrogen-bond acceptors (Lipinski definition) is 5. The summed E-state index contributed by atoms with van der Waals surface area (Å²) in [5.41, 5.74) is 0.971. The molecule has 0 saturated carbocycles. The number of carbonyl (C=O) groups is 1. The Morgan fingerprint density at radius 1 is 1.44 bits per heavy atom.